The van der Waals surface area contributed by atoms with E-state index in [1.165, 1.54) is 0 Å². The molecule has 16 heavy (non-hydrogen) atoms. The molecular weight excluding hydrogens is 204 g/mol. The van der Waals surface area contributed by atoms with E-state index in [-0.39, 0.29) is 6.42 Å². The Morgan fingerprint density at radius 2 is 2.19 bits per heavy atom. The number of carboxylic acid groups (broad SMARTS) is 1. The van der Waals surface area contributed by atoms with Crippen molar-refractivity contribution in [2.75, 3.05) is 0 Å². The zero-order valence-electron chi connectivity index (χ0n) is 8.76. The topological polar surface area (TPSA) is 55.1 Å². The van der Waals surface area contributed by atoms with E-state index in [2.05, 4.69) is 9.55 Å². The fraction of sp³-hybridized carbons (Fsp3) is 0.333. The summed E-state index contributed by atoms with van der Waals surface area (Å²) in [5, 5.41) is 8.87. The third-order valence-electron chi connectivity index (χ3n) is 2.89. The van der Waals surface area contributed by atoms with Crippen LogP contribution in [0.15, 0.2) is 24.3 Å². The highest BCUT2D eigenvalue weighted by molar-refractivity contribution is 5.78. The van der Waals surface area contributed by atoms with Crippen LogP contribution in [-0.2, 0) is 11.2 Å². The smallest absolute Gasteiger partial charge is 0.311 e. The van der Waals surface area contributed by atoms with Crippen molar-refractivity contribution >= 4 is 17.0 Å². The van der Waals surface area contributed by atoms with E-state index in [9.17, 15) is 4.79 Å². The molecule has 0 radical (unpaired) electrons. The molecule has 1 aliphatic carbocycles. The van der Waals surface area contributed by atoms with E-state index in [4.69, 9.17) is 5.11 Å². The molecular formula is C12H12N2O2. The average Bonchev–Trinajstić information content (AvgIpc) is 3.00. The van der Waals surface area contributed by atoms with Crippen LogP contribution in [-0.4, -0.2) is 20.6 Å². The van der Waals surface area contributed by atoms with Gasteiger partial charge in [0.05, 0.1) is 11.0 Å². The maximum atomic E-state index is 10.8. The molecule has 1 heterocycles. The summed E-state index contributed by atoms with van der Waals surface area (Å²) in [5.41, 5.74) is 1.95. The molecule has 0 unspecified atom stereocenters. The second-order valence-corrected chi connectivity index (χ2v) is 4.19. The van der Waals surface area contributed by atoms with Gasteiger partial charge in [-0.25, -0.2) is 4.98 Å². The van der Waals surface area contributed by atoms with Crippen LogP contribution in [0.25, 0.3) is 11.0 Å². The number of fused-ring (bicyclic) bond motifs is 1. The summed E-state index contributed by atoms with van der Waals surface area (Å²) in [5.74, 6) is -0.145. The van der Waals surface area contributed by atoms with E-state index < -0.39 is 5.97 Å². The molecule has 0 saturated heterocycles. The molecule has 1 N–H and O–H groups in total. The molecule has 4 nitrogen and oxygen atoms in total. The van der Waals surface area contributed by atoms with E-state index in [0.29, 0.717) is 11.9 Å². The van der Waals surface area contributed by atoms with Crippen LogP contribution in [0, 0.1) is 0 Å². The summed E-state index contributed by atoms with van der Waals surface area (Å²) >= 11 is 0. The molecule has 1 aromatic heterocycles. The number of aromatic nitrogens is 2. The van der Waals surface area contributed by atoms with Crippen molar-refractivity contribution in [3.8, 4) is 0 Å². The van der Waals surface area contributed by atoms with Gasteiger partial charge in [-0.05, 0) is 25.0 Å². The minimum Gasteiger partial charge on any atom is -0.481 e. The Kier molecular flexibility index (Phi) is 1.96. The number of nitrogens with zero attached hydrogens (tertiary/aromatic N) is 2. The maximum Gasteiger partial charge on any atom is 0.311 e. The van der Waals surface area contributed by atoms with Gasteiger partial charge in [0.1, 0.15) is 12.2 Å². The number of carbonyl (C=O) groups is 1. The van der Waals surface area contributed by atoms with Crippen LogP contribution in [0.2, 0.25) is 0 Å². The van der Waals surface area contributed by atoms with Crippen molar-refractivity contribution in [3.63, 3.8) is 0 Å². The fourth-order valence-electron chi connectivity index (χ4n) is 2.09. The molecule has 1 aromatic carbocycles. The highest BCUT2D eigenvalue weighted by atomic mass is 16.4. The summed E-state index contributed by atoms with van der Waals surface area (Å²) in [6.45, 7) is 0. The standard InChI is InChI=1S/C12H12N2O2/c15-12(16)7-11-13-9-3-1-2-4-10(9)14(11)8-5-6-8/h1-4,8H,5-7H2,(H,15,16). The number of rotatable bonds is 3. The van der Waals surface area contributed by atoms with Gasteiger partial charge in [0.25, 0.3) is 0 Å². The second-order valence-electron chi connectivity index (χ2n) is 4.19. The third-order valence-corrected chi connectivity index (χ3v) is 2.89. The van der Waals surface area contributed by atoms with Gasteiger partial charge in [-0.2, -0.15) is 0 Å². The molecule has 1 saturated carbocycles. The number of benzene rings is 1. The highest BCUT2D eigenvalue weighted by Gasteiger charge is 2.28. The average molecular weight is 216 g/mol. The van der Waals surface area contributed by atoms with Crippen molar-refractivity contribution < 1.29 is 9.90 Å². The number of carboxylic acids is 1. The monoisotopic (exact) mass is 216 g/mol. The van der Waals surface area contributed by atoms with Crippen molar-refractivity contribution in [1.29, 1.82) is 0 Å². The summed E-state index contributed by atoms with van der Waals surface area (Å²) in [6.07, 6.45) is 2.27. The minimum absolute atomic E-state index is 0.00514. The number of para-hydroxylation sites is 2. The molecule has 0 amide bonds. The van der Waals surface area contributed by atoms with E-state index >= 15 is 0 Å². The molecule has 1 aliphatic rings. The minimum atomic E-state index is -0.822. The number of imidazole rings is 1. The number of aliphatic carboxylic acids is 1. The normalized spacial score (nSPS) is 15.5. The van der Waals surface area contributed by atoms with Gasteiger partial charge in [-0.15, -0.1) is 0 Å². The lowest BCUT2D eigenvalue weighted by atomic mass is 10.3. The first-order chi connectivity index (χ1) is 7.75. The van der Waals surface area contributed by atoms with Gasteiger partial charge in [0.2, 0.25) is 0 Å². The maximum absolute atomic E-state index is 10.8. The lowest BCUT2D eigenvalue weighted by Crippen LogP contribution is -2.08. The van der Waals surface area contributed by atoms with Gasteiger partial charge in [0, 0.05) is 6.04 Å². The second kappa shape index (κ2) is 3.33. The van der Waals surface area contributed by atoms with Gasteiger partial charge in [-0.1, -0.05) is 12.1 Å². The Morgan fingerprint density at radius 3 is 2.88 bits per heavy atom. The zero-order chi connectivity index (χ0) is 11.1. The summed E-state index contributed by atoms with van der Waals surface area (Å²) < 4.78 is 2.09. The Labute approximate surface area is 92.5 Å². The van der Waals surface area contributed by atoms with Crippen LogP contribution < -0.4 is 0 Å². The van der Waals surface area contributed by atoms with Crippen LogP contribution >= 0.6 is 0 Å². The fourth-order valence-corrected chi connectivity index (χ4v) is 2.09. The quantitative estimate of drug-likeness (QED) is 0.853. The van der Waals surface area contributed by atoms with Crippen molar-refractivity contribution in [1.82, 2.24) is 9.55 Å². The SMILES string of the molecule is O=C(O)Cc1nc2ccccc2n1C1CC1. The van der Waals surface area contributed by atoms with Crippen molar-refractivity contribution in [2.24, 2.45) is 0 Å². The molecule has 0 spiro atoms. The predicted octanol–water partition coefficient (Wildman–Crippen LogP) is 2.00. The van der Waals surface area contributed by atoms with E-state index in [1.54, 1.807) is 0 Å². The molecule has 0 bridgehead atoms. The van der Waals surface area contributed by atoms with Gasteiger partial charge in [-0.3, -0.25) is 4.79 Å². The molecule has 4 heteroatoms. The molecule has 1 fully saturated rings. The van der Waals surface area contributed by atoms with E-state index in [0.717, 1.165) is 23.9 Å². The first-order valence-corrected chi connectivity index (χ1v) is 5.43. The van der Waals surface area contributed by atoms with Gasteiger partial charge in [0.15, 0.2) is 0 Å². The summed E-state index contributed by atoms with van der Waals surface area (Å²) in [7, 11) is 0. The van der Waals surface area contributed by atoms with Crippen LogP contribution in [0.4, 0.5) is 0 Å². The molecule has 3 rings (SSSR count). The third kappa shape index (κ3) is 1.46. The highest BCUT2D eigenvalue weighted by Crippen LogP contribution is 2.38. The van der Waals surface area contributed by atoms with Gasteiger partial charge < -0.3 is 9.67 Å². The molecule has 0 aliphatic heterocycles. The largest absolute Gasteiger partial charge is 0.481 e. The number of hydrogen-bond donors (Lipinski definition) is 1. The van der Waals surface area contributed by atoms with Crippen LogP contribution in [0.5, 0.6) is 0 Å². The summed E-state index contributed by atoms with van der Waals surface area (Å²) in [4.78, 5) is 15.2. The Balaban J connectivity index is 2.18. The first kappa shape index (κ1) is 9.39. The van der Waals surface area contributed by atoms with Crippen molar-refractivity contribution in [3.05, 3.63) is 30.1 Å². The number of hydrogen-bond acceptors (Lipinski definition) is 2. The molecule has 2 aromatic rings. The lowest BCUT2D eigenvalue weighted by Gasteiger charge is -2.05. The lowest BCUT2D eigenvalue weighted by molar-refractivity contribution is -0.136. The Bertz CT molecular complexity index is 555. The van der Waals surface area contributed by atoms with Crippen molar-refractivity contribution in [2.45, 2.75) is 25.3 Å². The Hall–Kier alpha value is -1.84. The van der Waals surface area contributed by atoms with Gasteiger partial charge >= 0.3 is 5.97 Å². The predicted molar refractivity (Wildman–Crippen MR) is 59.3 cm³/mol. The molecule has 0 atom stereocenters. The zero-order valence-corrected chi connectivity index (χ0v) is 8.76. The van der Waals surface area contributed by atoms with Crippen LogP contribution in [0.3, 0.4) is 0 Å². The first-order valence-electron chi connectivity index (χ1n) is 5.43. The van der Waals surface area contributed by atoms with E-state index in [1.807, 2.05) is 24.3 Å². The van der Waals surface area contributed by atoms with Crippen LogP contribution in [0.1, 0.15) is 24.7 Å². The summed E-state index contributed by atoms with van der Waals surface area (Å²) in [6, 6.07) is 8.29. The molecule has 82 valence electrons. The Morgan fingerprint density at radius 1 is 1.44 bits per heavy atom.